The minimum absolute atomic E-state index is 0.835. The molecule has 0 saturated heterocycles. The van der Waals surface area contributed by atoms with Gasteiger partial charge < -0.3 is 0 Å². The van der Waals surface area contributed by atoms with Crippen molar-refractivity contribution in [2.24, 2.45) is 0 Å². The fourth-order valence-corrected chi connectivity index (χ4v) is 2.37. The smallest absolute Gasteiger partial charge is 0.123 e. The van der Waals surface area contributed by atoms with E-state index >= 15 is 0 Å². The average molecular weight is 377 g/mol. The highest BCUT2D eigenvalue weighted by Crippen LogP contribution is 2.13. The molecule has 1 heterocycles. The van der Waals surface area contributed by atoms with Gasteiger partial charge in [0.1, 0.15) is 3.70 Å². The van der Waals surface area contributed by atoms with Gasteiger partial charge >= 0.3 is 0 Å². The third-order valence-corrected chi connectivity index (χ3v) is 3.25. The van der Waals surface area contributed by atoms with Crippen molar-refractivity contribution in [3.05, 3.63) is 49.8 Å². The predicted molar refractivity (Wildman–Crippen MR) is 72.9 cm³/mol. The third-order valence-electron chi connectivity index (χ3n) is 2.20. The number of hydrogen-bond acceptors (Lipinski definition) is 1. The number of benzene rings is 1. The molecule has 0 unspecified atom stereocenters. The van der Waals surface area contributed by atoms with Crippen LogP contribution >= 0.6 is 38.5 Å². The van der Waals surface area contributed by atoms with Gasteiger partial charge in [0.15, 0.2) is 0 Å². The van der Waals surface area contributed by atoms with Crippen LogP contribution in [0.15, 0.2) is 34.8 Å². The molecule has 2 aromatic rings. The molecule has 0 atom stereocenters. The number of aryl methyl sites for hydroxylation is 1. The second-order valence-electron chi connectivity index (χ2n) is 3.39. The molecule has 15 heavy (non-hydrogen) atoms. The topological polar surface area (TPSA) is 17.8 Å². The van der Waals surface area contributed by atoms with Crippen LogP contribution in [0, 0.1) is 10.6 Å². The Labute approximate surface area is 111 Å². The highest BCUT2D eigenvalue weighted by atomic mass is 127. The number of nitrogens with zero attached hydrogens (tertiary/aromatic N) is 2. The van der Waals surface area contributed by atoms with E-state index in [1.807, 2.05) is 4.68 Å². The SMILES string of the molecule is Cc1cc(I)nn1Cc1ccc(Br)cc1. The third kappa shape index (κ3) is 2.81. The predicted octanol–water partition coefficient (Wildman–Crippen LogP) is 3.61. The first-order valence-electron chi connectivity index (χ1n) is 4.59. The van der Waals surface area contributed by atoms with E-state index in [9.17, 15) is 0 Å². The van der Waals surface area contributed by atoms with E-state index in [4.69, 9.17) is 0 Å². The molecule has 0 bridgehead atoms. The van der Waals surface area contributed by atoms with Gasteiger partial charge in [-0.25, -0.2) is 0 Å². The molecular formula is C11H10BrIN2. The van der Waals surface area contributed by atoms with Gasteiger partial charge in [0.2, 0.25) is 0 Å². The average Bonchev–Trinajstić information content (AvgIpc) is 2.49. The van der Waals surface area contributed by atoms with Crippen molar-refractivity contribution < 1.29 is 0 Å². The van der Waals surface area contributed by atoms with E-state index < -0.39 is 0 Å². The maximum Gasteiger partial charge on any atom is 0.123 e. The zero-order valence-corrected chi connectivity index (χ0v) is 12.0. The molecule has 4 heteroatoms. The van der Waals surface area contributed by atoms with Crippen LogP contribution in [0.25, 0.3) is 0 Å². The Kier molecular flexibility index (Phi) is 3.45. The number of rotatable bonds is 2. The summed E-state index contributed by atoms with van der Waals surface area (Å²) in [5, 5.41) is 4.42. The fourth-order valence-electron chi connectivity index (χ4n) is 1.39. The van der Waals surface area contributed by atoms with E-state index in [0.29, 0.717) is 0 Å². The molecule has 0 aliphatic rings. The Hall–Kier alpha value is -0.360. The molecule has 0 saturated carbocycles. The maximum absolute atomic E-state index is 4.42. The summed E-state index contributed by atoms with van der Waals surface area (Å²) in [6.07, 6.45) is 0. The Bertz CT molecular complexity index is 462. The van der Waals surface area contributed by atoms with Gasteiger partial charge in [0.25, 0.3) is 0 Å². The van der Waals surface area contributed by atoms with Crippen molar-refractivity contribution in [3.8, 4) is 0 Å². The summed E-state index contributed by atoms with van der Waals surface area (Å²) in [5.74, 6) is 0. The highest BCUT2D eigenvalue weighted by molar-refractivity contribution is 14.1. The van der Waals surface area contributed by atoms with E-state index in [2.05, 4.69) is 80.9 Å². The Morgan fingerprint density at radius 2 is 2.00 bits per heavy atom. The van der Waals surface area contributed by atoms with Crippen LogP contribution in [-0.4, -0.2) is 9.78 Å². The van der Waals surface area contributed by atoms with Gasteiger partial charge in [-0.2, -0.15) is 5.10 Å². The molecule has 0 aliphatic carbocycles. The van der Waals surface area contributed by atoms with E-state index in [-0.39, 0.29) is 0 Å². The van der Waals surface area contributed by atoms with Crippen molar-refractivity contribution >= 4 is 38.5 Å². The van der Waals surface area contributed by atoms with Crippen molar-refractivity contribution in [2.45, 2.75) is 13.5 Å². The molecule has 2 rings (SSSR count). The van der Waals surface area contributed by atoms with Crippen LogP contribution in [0.5, 0.6) is 0 Å². The zero-order chi connectivity index (χ0) is 10.8. The Balaban J connectivity index is 2.21. The fraction of sp³-hybridized carbons (Fsp3) is 0.182. The number of halogens is 2. The van der Waals surface area contributed by atoms with Crippen molar-refractivity contribution in [2.75, 3.05) is 0 Å². The van der Waals surface area contributed by atoms with Gasteiger partial charge in [-0.15, -0.1) is 0 Å². The van der Waals surface area contributed by atoms with Crippen LogP contribution in [0.1, 0.15) is 11.3 Å². The lowest BCUT2D eigenvalue weighted by molar-refractivity contribution is 0.660. The van der Waals surface area contributed by atoms with Crippen LogP contribution in [0.4, 0.5) is 0 Å². The molecule has 78 valence electrons. The molecule has 0 fully saturated rings. The molecule has 1 aromatic carbocycles. The molecule has 0 radical (unpaired) electrons. The summed E-state index contributed by atoms with van der Waals surface area (Å²) >= 11 is 5.66. The maximum atomic E-state index is 4.42. The van der Waals surface area contributed by atoms with Crippen LogP contribution < -0.4 is 0 Å². The molecular weight excluding hydrogens is 367 g/mol. The summed E-state index contributed by atoms with van der Waals surface area (Å²) in [6.45, 7) is 2.91. The summed E-state index contributed by atoms with van der Waals surface area (Å²) in [4.78, 5) is 0. The van der Waals surface area contributed by atoms with Crippen LogP contribution in [0.2, 0.25) is 0 Å². The number of aromatic nitrogens is 2. The zero-order valence-electron chi connectivity index (χ0n) is 8.24. The van der Waals surface area contributed by atoms with Crippen LogP contribution in [0.3, 0.4) is 0 Å². The summed E-state index contributed by atoms with van der Waals surface area (Å²) in [5.41, 5.74) is 2.46. The van der Waals surface area contributed by atoms with E-state index in [1.54, 1.807) is 0 Å². The first-order valence-corrected chi connectivity index (χ1v) is 6.47. The molecule has 0 aliphatic heterocycles. The minimum atomic E-state index is 0.835. The Morgan fingerprint density at radius 1 is 1.33 bits per heavy atom. The quantitative estimate of drug-likeness (QED) is 0.732. The lowest BCUT2D eigenvalue weighted by Gasteiger charge is -2.04. The van der Waals surface area contributed by atoms with E-state index in [0.717, 1.165) is 14.7 Å². The second kappa shape index (κ2) is 4.65. The van der Waals surface area contributed by atoms with Gasteiger partial charge in [-0.1, -0.05) is 28.1 Å². The van der Waals surface area contributed by atoms with Gasteiger partial charge in [-0.3, -0.25) is 4.68 Å². The summed E-state index contributed by atoms with van der Waals surface area (Å²) in [7, 11) is 0. The van der Waals surface area contributed by atoms with E-state index in [1.165, 1.54) is 11.3 Å². The summed E-state index contributed by atoms with van der Waals surface area (Å²) in [6, 6.07) is 10.4. The first-order chi connectivity index (χ1) is 7.15. The van der Waals surface area contributed by atoms with Crippen molar-refractivity contribution in [3.63, 3.8) is 0 Å². The largest absolute Gasteiger partial charge is 0.264 e. The second-order valence-corrected chi connectivity index (χ2v) is 5.41. The normalized spacial score (nSPS) is 10.6. The van der Waals surface area contributed by atoms with Gasteiger partial charge in [0, 0.05) is 10.2 Å². The lowest BCUT2D eigenvalue weighted by Crippen LogP contribution is -2.03. The highest BCUT2D eigenvalue weighted by Gasteiger charge is 2.02. The van der Waals surface area contributed by atoms with Crippen LogP contribution in [-0.2, 0) is 6.54 Å². The molecule has 1 aromatic heterocycles. The van der Waals surface area contributed by atoms with Crippen molar-refractivity contribution in [1.29, 1.82) is 0 Å². The standard InChI is InChI=1S/C11H10BrIN2/c1-8-6-11(13)14-15(8)7-9-2-4-10(12)5-3-9/h2-6H,7H2,1H3. The van der Waals surface area contributed by atoms with Gasteiger partial charge in [0.05, 0.1) is 6.54 Å². The molecule has 0 amide bonds. The monoisotopic (exact) mass is 376 g/mol. The molecule has 2 nitrogen and oxygen atoms in total. The lowest BCUT2D eigenvalue weighted by atomic mass is 10.2. The summed E-state index contributed by atoms with van der Waals surface area (Å²) < 4.78 is 4.17. The first kappa shape index (κ1) is 11.1. The minimum Gasteiger partial charge on any atom is -0.264 e. The molecule has 0 spiro atoms. The van der Waals surface area contributed by atoms with Gasteiger partial charge in [-0.05, 0) is 53.3 Å². The Morgan fingerprint density at radius 3 is 2.53 bits per heavy atom. The number of hydrogen-bond donors (Lipinski definition) is 0. The molecule has 0 N–H and O–H groups in total. The van der Waals surface area contributed by atoms with Crippen molar-refractivity contribution in [1.82, 2.24) is 9.78 Å².